The first-order valence-electron chi connectivity index (χ1n) is 6.20. The Morgan fingerprint density at radius 3 is 2.55 bits per heavy atom. The lowest BCUT2D eigenvalue weighted by Gasteiger charge is -2.16. The molecule has 0 unspecified atom stereocenters. The lowest BCUT2D eigenvalue weighted by atomic mass is 10.1. The fourth-order valence-electron chi connectivity index (χ4n) is 1.55. The predicted molar refractivity (Wildman–Crippen MR) is 76.5 cm³/mol. The Morgan fingerprint density at radius 1 is 1.35 bits per heavy atom. The van der Waals surface area contributed by atoms with Gasteiger partial charge in [0, 0.05) is 26.6 Å². The van der Waals surface area contributed by atoms with E-state index < -0.39 is 10.2 Å². The van der Waals surface area contributed by atoms with Crippen LogP contribution in [0.5, 0.6) is 5.75 Å². The maximum absolute atomic E-state index is 11.8. The molecule has 1 N–H and O–H groups in total. The van der Waals surface area contributed by atoms with E-state index in [1.165, 1.54) is 7.05 Å². The normalized spacial score (nSPS) is 11.3. The summed E-state index contributed by atoms with van der Waals surface area (Å²) in [7, 11) is -0.459. The fourth-order valence-corrected chi connectivity index (χ4v) is 2.47. The van der Waals surface area contributed by atoms with Crippen LogP contribution in [0, 0.1) is 11.3 Å². The Kier molecular flexibility index (Phi) is 6.45. The van der Waals surface area contributed by atoms with E-state index in [1.54, 1.807) is 7.11 Å². The van der Waals surface area contributed by atoms with Crippen molar-refractivity contribution in [1.82, 2.24) is 9.03 Å². The Morgan fingerprint density at radius 2 is 2.00 bits per heavy atom. The highest BCUT2D eigenvalue weighted by Gasteiger charge is 2.15. The van der Waals surface area contributed by atoms with Crippen LogP contribution in [0.1, 0.15) is 12.0 Å². The van der Waals surface area contributed by atoms with E-state index >= 15 is 0 Å². The number of hydrogen-bond donors (Lipinski definition) is 1. The Bertz CT molecular complexity index is 549. The standard InChI is InChI=1S/C13H19N3O3S/c1-16(11-3-9-14)20(17,18)15-10-8-12-4-6-13(19-2)7-5-12/h4-7,15H,3,8,10-11H2,1-2H3. The highest BCUT2D eigenvalue weighted by molar-refractivity contribution is 7.87. The third kappa shape index (κ3) is 5.17. The second-order valence-corrected chi connectivity index (χ2v) is 6.09. The first-order valence-corrected chi connectivity index (χ1v) is 7.64. The van der Waals surface area contributed by atoms with E-state index in [0.29, 0.717) is 13.0 Å². The molecule has 0 aromatic heterocycles. The molecular formula is C13H19N3O3S. The number of benzene rings is 1. The van der Waals surface area contributed by atoms with Gasteiger partial charge in [-0.05, 0) is 24.1 Å². The van der Waals surface area contributed by atoms with Crippen molar-refractivity contribution in [3.63, 3.8) is 0 Å². The van der Waals surface area contributed by atoms with Gasteiger partial charge >= 0.3 is 0 Å². The van der Waals surface area contributed by atoms with Crippen LogP contribution in [0.15, 0.2) is 24.3 Å². The summed E-state index contributed by atoms with van der Waals surface area (Å²) in [6.07, 6.45) is 0.769. The number of methoxy groups -OCH3 is 1. The molecule has 6 nitrogen and oxygen atoms in total. The molecule has 7 heteroatoms. The highest BCUT2D eigenvalue weighted by atomic mass is 32.2. The van der Waals surface area contributed by atoms with Gasteiger partial charge in [-0.1, -0.05) is 12.1 Å². The maximum atomic E-state index is 11.8. The molecule has 0 saturated heterocycles. The fraction of sp³-hybridized carbons (Fsp3) is 0.462. The van der Waals surface area contributed by atoms with E-state index in [0.717, 1.165) is 15.6 Å². The summed E-state index contributed by atoms with van der Waals surface area (Å²) in [5, 5.41) is 8.45. The number of nitrogens with zero attached hydrogens (tertiary/aromatic N) is 2. The second kappa shape index (κ2) is 7.85. The van der Waals surface area contributed by atoms with Crippen molar-refractivity contribution >= 4 is 10.2 Å². The summed E-state index contributed by atoms with van der Waals surface area (Å²) < 4.78 is 32.3. The monoisotopic (exact) mass is 297 g/mol. The van der Waals surface area contributed by atoms with Gasteiger partial charge in [0.2, 0.25) is 0 Å². The first kappa shape index (κ1) is 16.4. The summed E-state index contributed by atoms with van der Waals surface area (Å²) in [5.41, 5.74) is 1.02. The molecule has 0 radical (unpaired) electrons. The molecule has 0 heterocycles. The number of nitriles is 1. The lowest BCUT2D eigenvalue weighted by Crippen LogP contribution is -2.39. The van der Waals surface area contributed by atoms with Crippen molar-refractivity contribution in [2.45, 2.75) is 12.8 Å². The zero-order valence-corrected chi connectivity index (χ0v) is 12.5. The largest absolute Gasteiger partial charge is 0.497 e. The number of nitrogens with one attached hydrogen (secondary N) is 1. The minimum Gasteiger partial charge on any atom is -0.497 e. The zero-order valence-electron chi connectivity index (χ0n) is 11.7. The van der Waals surface area contributed by atoms with Gasteiger partial charge in [0.1, 0.15) is 5.75 Å². The van der Waals surface area contributed by atoms with Crippen molar-refractivity contribution in [2.24, 2.45) is 0 Å². The Balaban J connectivity index is 2.44. The summed E-state index contributed by atoms with van der Waals surface area (Å²) >= 11 is 0. The van der Waals surface area contributed by atoms with E-state index in [2.05, 4.69) is 4.72 Å². The topological polar surface area (TPSA) is 82.4 Å². The van der Waals surface area contributed by atoms with Crippen molar-refractivity contribution in [1.29, 1.82) is 5.26 Å². The maximum Gasteiger partial charge on any atom is 0.279 e. The quantitative estimate of drug-likeness (QED) is 0.773. The molecule has 20 heavy (non-hydrogen) atoms. The van der Waals surface area contributed by atoms with Gasteiger partial charge in [0.25, 0.3) is 10.2 Å². The molecule has 0 aliphatic heterocycles. The number of ether oxygens (including phenoxy) is 1. The van der Waals surface area contributed by atoms with Crippen LogP contribution in [0.2, 0.25) is 0 Å². The van der Waals surface area contributed by atoms with Crippen LogP contribution < -0.4 is 9.46 Å². The van der Waals surface area contributed by atoms with Gasteiger partial charge in [0.05, 0.1) is 13.2 Å². The minimum atomic E-state index is -3.51. The van der Waals surface area contributed by atoms with Crippen LogP contribution in [-0.2, 0) is 16.6 Å². The molecule has 1 aromatic carbocycles. The second-order valence-electron chi connectivity index (χ2n) is 4.23. The zero-order chi connectivity index (χ0) is 15.0. The van der Waals surface area contributed by atoms with Crippen molar-refractivity contribution in [2.75, 3.05) is 27.2 Å². The summed E-state index contributed by atoms with van der Waals surface area (Å²) in [4.78, 5) is 0. The molecule has 0 bridgehead atoms. The SMILES string of the molecule is COc1ccc(CCNS(=O)(=O)N(C)CCC#N)cc1. The van der Waals surface area contributed by atoms with E-state index in [9.17, 15) is 8.42 Å². The molecule has 0 atom stereocenters. The van der Waals surface area contributed by atoms with Gasteiger partial charge in [-0.15, -0.1) is 0 Å². The molecular weight excluding hydrogens is 278 g/mol. The van der Waals surface area contributed by atoms with Gasteiger partial charge < -0.3 is 4.74 Å². The molecule has 1 aromatic rings. The van der Waals surface area contributed by atoms with Gasteiger partial charge in [-0.25, -0.2) is 4.72 Å². The average molecular weight is 297 g/mol. The summed E-state index contributed by atoms with van der Waals surface area (Å²) in [5.74, 6) is 0.769. The van der Waals surface area contributed by atoms with Crippen LogP contribution in [0.3, 0.4) is 0 Å². The van der Waals surface area contributed by atoms with Crippen molar-refractivity contribution in [3.8, 4) is 11.8 Å². The van der Waals surface area contributed by atoms with Crippen LogP contribution in [-0.4, -0.2) is 40.0 Å². The molecule has 0 aliphatic rings. The van der Waals surface area contributed by atoms with E-state index in [-0.39, 0.29) is 13.0 Å². The molecule has 0 spiro atoms. The molecule has 0 fully saturated rings. The van der Waals surface area contributed by atoms with Crippen LogP contribution in [0.4, 0.5) is 0 Å². The van der Waals surface area contributed by atoms with Gasteiger partial charge in [0.15, 0.2) is 0 Å². The number of rotatable bonds is 8. The van der Waals surface area contributed by atoms with Crippen molar-refractivity contribution < 1.29 is 13.2 Å². The Labute approximate surface area is 120 Å². The van der Waals surface area contributed by atoms with Gasteiger partial charge in [-0.2, -0.15) is 18.0 Å². The lowest BCUT2D eigenvalue weighted by molar-refractivity contribution is 0.414. The summed E-state index contributed by atoms with van der Waals surface area (Å²) in [6.45, 7) is 0.500. The van der Waals surface area contributed by atoms with E-state index in [1.807, 2.05) is 30.3 Å². The molecule has 0 saturated carbocycles. The Hall–Kier alpha value is -1.62. The molecule has 0 aliphatic carbocycles. The minimum absolute atomic E-state index is 0.176. The third-order valence-electron chi connectivity index (χ3n) is 2.81. The van der Waals surface area contributed by atoms with Gasteiger partial charge in [-0.3, -0.25) is 0 Å². The van der Waals surface area contributed by atoms with Crippen molar-refractivity contribution in [3.05, 3.63) is 29.8 Å². The third-order valence-corrected chi connectivity index (χ3v) is 4.38. The molecule has 1 rings (SSSR count). The predicted octanol–water partition coefficient (Wildman–Crippen LogP) is 0.918. The number of hydrogen-bond acceptors (Lipinski definition) is 4. The van der Waals surface area contributed by atoms with Crippen LogP contribution in [0.25, 0.3) is 0 Å². The highest BCUT2D eigenvalue weighted by Crippen LogP contribution is 2.11. The molecule has 0 amide bonds. The molecule has 110 valence electrons. The first-order chi connectivity index (χ1) is 9.49. The summed E-state index contributed by atoms with van der Waals surface area (Å²) in [6, 6.07) is 9.38. The van der Waals surface area contributed by atoms with Crippen LogP contribution >= 0.6 is 0 Å². The average Bonchev–Trinajstić information content (AvgIpc) is 2.45. The smallest absolute Gasteiger partial charge is 0.279 e. The van der Waals surface area contributed by atoms with E-state index in [4.69, 9.17) is 10.00 Å².